The lowest BCUT2D eigenvalue weighted by atomic mass is 9.95. The van der Waals surface area contributed by atoms with E-state index in [0.29, 0.717) is 7.11 Å². The Morgan fingerprint density at radius 2 is 0.699 bits per heavy atom. The maximum absolute atomic E-state index is 13.0. The molecular formula is C35H58O43S5. The van der Waals surface area contributed by atoms with Crippen LogP contribution >= 0.6 is 0 Å². The van der Waals surface area contributed by atoms with Crippen molar-refractivity contribution in [1.82, 2.24) is 0 Å². The summed E-state index contributed by atoms with van der Waals surface area (Å²) in [5.41, 5.74) is 0. The Hall–Kier alpha value is -2.47. The highest BCUT2D eigenvalue weighted by Gasteiger charge is 2.61. The molecule has 0 unspecified atom stereocenters. The third-order valence-corrected chi connectivity index (χ3v) is 14.8. The molecule has 486 valence electrons. The van der Waals surface area contributed by atoms with E-state index in [1.807, 2.05) is 0 Å². The van der Waals surface area contributed by atoms with Crippen LogP contribution in [0.15, 0.2) is 0 Å². The maximum Gasteiger partial charge on any atom is 0.397 e. The SMILES string of the molecule is CO[C@@H]1[C@@H](OC)[C@H](O[C@H]2[C@H](OS(=O)(=O)O)[C@@H](O)[C@@H](O[C@H]3[C@H](OC)[C@@H](OS(=O)(=O)O)[C@H](O[C@H]4[C@H](OS(=O)(=O)O)[C@@H](O)[C@@H](O)O[C@@H]4CO)O[C@H]3C(=O)O)O[C@@H]2CO)O[C@H](C(=O)O)[C@H]1O[C@H]1O[C@H](COS(=O)(=O)O)[C@@H](OC)[C@H](OC)[C@H]1OS(=O)(=O)O. The van der Waals surface area contributed by atoms with Gasteiger partial charge in [0.25, 0.3) is 0 Å². The maximum atomic E-state index is 13.0. The largest absolute Gasteiger partial charge is 0.479 e. The Morgan fingerprint density at radius 1 is 0.373 bits per heavy atom. The fourth-order valence-corrected chi connectivity index (χ4v) is 11.6. The van der Waals surface area contributed by atoms with Crippen molar-refractivity contribution >= 4 is 63.9 Å². The van der Waals surface area contributed by atoms with Crippen LogP contribution in [0.3, 0.4) is 0 Å². The summed E-state index contributed by atoms with van der Waals surface area (Å²) in [4.78, 5) is 26.0. The molecule has 0 spiro atoms. The van der Waals surface area contributed by atoms with Crippen LogP contribution in [0, 0.1) is 0 Å². The van der Waals surface area contributed by atoms with E-state index in [1.54, 1.807) is 0 Å². The summed E-state index contributed by atoms with van der Waals surface area (Å²) in [6.07, 6.45) is -58.3. The van der Waals surface area contributed by atoms with Crippen LogP contribution in [0.1, 0.15) is 0 Å². The summed E-state index contributed by atoms with van der Waals surface area (Å²) in [6, 6.07) is 0. The summed E-state index contributed by atoms with van der Waals surface area (Å²) in [5.74, 6) is -4.18. The van der Waals surface area contributed by atoms with Crippen molar-refractivity contribution in [1.29, 1.82) is 0 Å². The average molecular weight is 1330 g/mol. The molecule has 0 bridgehead atoms. The van der Waals surface area contributed by atoms with Gasteiger partial charge < -0.3 is 102 Å². The summed E-state index contributed by atoms with van der Waals surface area (Å²) in [7, 11) is -23.8. The molecule has 48 heteroatoms. The molecule has 5 heterocycles. The number of ether oxygens (including phenoxy) is 14. The number of carbonyl (C=O) groups is 2. The molecule has 0 aliphatic carbocycles. The summed E-state index contributed by atoms with van der Waals surface area (Å²) in [5, 5.41) is 74.1. The molecule has 0 aromatic carbocycles. The van der Waals surface area contributed by atoms with E-state index in [9.17, 15) is 110 Å². The molecule has 5 fully saturated rings. The van der Waals surface area contributed by atoms with Crippen molar-refractivity contribution in [2.24, 2.45) is 0 Å². The first kappa shape index (κ1) is 71.3. The predicted octanol–water partition coefficient (Wildman–Crippen LogP) is -9.33. The number of aliphatic hydroxyl groups excluding tert-OH is 5. The third kappa shape index (κ3) is 18.3. The normalized spacial score (nSPS) is 40.6. The number of methoxy groups -OCH3 is 5. The van der Waals surface area contributed by atoms with Gasteiger partial charge in [0.15, 0.2) is 55.9 Å². The van der Waals surface area contributed by atoms with Crippen molar-refractivity contribution < 1.29 is 197 Å². The molecule has 0 amide bonds. The Kier molecular flexibility index (Phi) is 24.7. The molecule has 12 N–H and O–H groups in total. The minimum atomic E-state index is -5.88. The summed E-state index contributed by atoms with van der Waals surface area (Å²) >= 11 is 0. The van der Waals surface area contributed by atoms with Crippen LogP contribution in [0.4, 0.5) is 0 Å². The molecule has 25 atom stereocenters. The Bertz CT molecular complexity index is 2740. The lowest BCUT2D eigenvalue weighted by molar-refractivity contribution is -0.387. The van der Waals surface area contributed by atoms with Gasteiger partial charge in [-0.05, 0) is 0 Å². The van der Waals surface area contributed by atoms with Gasteiger partial charge >= 0.3 is 63.9 Å². The van der Waals surface area contributed by atoms with Gasteiger partial charge in [0.2, 0.25) is 0 Å². The van der Waals surface area contributed by atoms with Crippen molar-refractivity contribution in [3.8, 4) is 0 Å². The predicted molar refractivity (Wildman–Crippen MR) is 244 cm³/mol. The first-order valence-electron chi connectivity index (χ1n) is 22.8. The fourth-order valence-electron chi connectivity index (χ4n) is 9.29. The van der Waals surface area contributed by atoms with Crippen LogP contribution in [-0.4, -0.2) is 321 Å². The zero-order valence-electron chi connectivity index (χ0n) is 42.6. The van der Waals surface area contributed by atoms with Crippen molar-refractivity contribution in [2.45, 2.75) is 154 Å². The Balaban J connectivity index is 1.51. The highest BCUT2D eigenvalue weighted by atomic mass is 32.3. The zero-order chi connectivity index (χ0) is 62.6. The number of carboxylic acid groups (broad SMARTS) is 2. The van der Waals surface area contributed by atoms with Crippen molar-refractivity contribution in [2.75, 3.05) is 55.4 Å². The number of rotatable bonds is 28. The second-order valence-corrected chi connectivity index (χ2v) is 22.9. The second kappa shape index (κ2) is 28.8. The van der Waals surface area contributed by atoms with Gasteiger partial charge in [0.05, 0.1) is 19.8 Å². The molecule has 83 heavy (non-hydrogen) atoms. The first-order valence-corrected chi connectivity index (χ1v) is 29.7. The number of carboxylic acids is 2. The average Bonchev–Trinajstić information content (AvgIpc) is 1.98. The minimum absolute atomic E-state index is 0.681. The molecule has 5 rings (SSSR count). The van der Waals surface area contributed by atoms with Gasteiger partial charge in [0.1, 0.15) is 97.7 Å². The standard InChI is InChI=1S/C35H58O43S5/c1-60-14-11(8-65-79(45,46)47)68-34(27(19(14)61-2)77-82(54,55)56)72-22-20(62-3)26(64-5)33(73-24(22)29(40)41)69-16-10(7-37)67-32(13(39)18(16)76-81(51,52)53)71-23-21(63-4)28(78-83(57,58)59)35(74-25(23)30(42)43)70-15-9(6-36)66-31(44)12(38)17(15)75-80(48,49)50/h9-28,31-39,44H,6-8H2,1-5H3,(H,40,41)(H,42,43)(H,45,46,47)(H,48,49,50)(H,51,52,53)(H,54,55,56)(H,57,58,59)/t9-,10-,11-,12-,13-,14-,15-,16-,17-,18-,19+,20+,21+,22+,23+,24+,25-,26-,27-,28-,31+,32-,33-,34-,35-/m1/s1. The second-order valence-electron chi connectivity index (χ2n) is 17.6. The Morgan fingerprint density at radius 3 is 1.08 bits per heavy atom. The molecule has 0 aromatic heterocycles. The first-order chi connectivity index (χ1) is 38.3. The van der Waals surface area contributed by atoms with Crippen LogP contribution in [0.2, 0.25) is 0 Å². The number of hydrogen-bond acceptors (Lipinski definition) is 36. The smallest absolute Gasteiger partial charge is 0.397 e. The van der Waals surface area contributed by atoms with Gasteiger partial charge in [0, 0.05) is 35.5 Å². The highest BCUT2D eigenvalue weighted by Crippen LogP contribution is 2.40. The number of aliphatic hydroxyl groups is 5. The molecule has 0 saturated carbocycles. The molecule has 5 aliphatic rings. The van der Waals surface area contributed by atoms with E-state index >= 15 is 0 Å². The fraction of sp³-hybridized carbons (Fsp3) is 0.943. The van der Waals surface area contributed by atoms with Gasteiger partial charge in [-0.3, -0.25) is 22.8 Å². The van der Waals surface area contributed by atoms with E-state index in [2.05, 4.69) is 12.5 Å². The number of hydrogen-bond donors (Lipinski definition) is 12. The van der Waals surface area contributed by atoms with E-state index in [4.69, 9.17) is 74.7 Å². The lowest BCUT2D eigenvalue weighted by Gasteiger charge is -2.50. The molecular weight excluding hydrogens is 1270 g/mol. The highest BCUT2D eigenvalue weighted by molar-refractivity contribution is 7.81. The van der Waals surface area contributed by atoms with E-state index in [1.165, 1.54) is 0 Å². The van der Waals surface area contributed by atoms with Gasteiger partial charge in [-0.1, -0.05) is 0 Å². The molecule has 5 saturated heterocycles. The van der Waals surface area contributed by atoms with Gasteiger partial charge in [-0.25, -0.2) is 30.5 Å². The van der Waals surface area contributed by atoms with Crippen LogP contribution < -0.4 is 0 Å². The third-order valence-electron chi connectivity index (χ3n) is 12.5. The van der Waals surface area contributed by atoms with Gasteiger partial charge in [-0.2, -0.15) is 42.1 Å². The van der Waals surface area contributed by atoms with E-state index < -0.39 is 237 Å². The summed E-state index contributed by atoms with van der Waals surface area (Å²) < 4.78 is 268. The van der Waals surface area contributed by atoms with Crippen LogP contribution in [0.25, 0.3) is 0 Å². The lowest BCUT2D eigenvalue weighted by Crippen LogP contribution is -2.69. The topological polar surface area (TPSA) is 623 Å². The van der Waals surface area contributed by atoms with E-state index in [0.717, 1.165) is 28.4 Å². The number of aliphatic carboxylic acids is 2. The van der Waals surface area contributed by atoms with Crippen molar-refractivity contribution in [3.63, 3.8) is 0 Å². The Labute approximate surface area is 468 Å². The molecule has 5 aliphatic heterocycles. The molecule has 43 nitrogen and oxygen atoms in total. The minimum Gasteiger partial charge on any atom is -0.479 e. The molecule has 0 radical (unpaired) electrons. The molecule has 0 aromatic rings. The summed E-state index contributed by atoms with van der Waals surface area (Å²) in [6.45, 7) is -3.87. The van der Waals surface area contributed by atoms with Crippen LogP contribution in [-0.2, 0) is 149 Å². The van der Waals surface area contributed by atoms with E-state index in [-0.39, 0.29) is 0 Å². The zero-order valence-corrected chi connectivity index (χ0v) is 46.7. The quantitative estimate of drug-likeness (QED) is 0.0324. The van der Waals surface area contributed by atoms with Crippen molar-refractivity contribution in [3.05, 3.63) is 0 Å². The van der Waals surface area contributed by atoms with Gasteiger partial charge in [-0.15, -0.1) is 0 Å². The van der Waals surface area contributed by atoms with Crippen LogP contribution in [0.5, 0.6) is 0 Å². The monoisotopic (exact) mass is 1330 g/mol.